The minimum atomic E-state index is -0.859. The molecule has 9 nitrogen and oxygen atoms in total. The van der Waals surface area contributed by atoms with Gasteiger partial charge in [-0.05, 0) is 449 Å². The van der Waals surface area contributed by atoms with E-state index in [-0.39, 0.29) is 28.5 Å². The average molecular weight is 1930 g/mol. The van der Waals surface area contributed by atoms with Gasteiger partial charge in [0.15, 0.2) is 0 Å². The number of hydrogen-bond acceptors (Lipinski definition) is 9. The maximum Gasteiger partial charge on any atom is 0.139 e. The number of aromatic nitrogens is 4. The standard InChI is InChI=1S/C25H35NO.C25H33N.C24H31NO.C20H30O.C19H28O2.C7H18Si.C5H4BrN/c1-17-8-11-23(2)18(15-17)6-7-20-21(23)9-12-24(3)22(20)10-13-25(24,27)19-5-4-14-26-16-19;1-17-10-12-24(2)19(15-17)6-7-20-22-9-8-21(18-5-4-14-26-16-18)25(22,3)13-11-23(20)24;1-23-11-9-18(26)14-17(23)5-6-19-21-8-7-20(16-4-3-13-25-15-16)24(21,2)12-10-22(19)23;1-13-8-10-19(2)14(12-13)4-5-15-16-6-7-18(21)20(16,3)11-9-17(15)19;1-18-9-7-13(20)11-12(18)3-4-14-15-5-6-17(21)19(15,2)10-8-16(14)18;1-7(2,3)8(4,5)6;6-5-2-1-3-7-4-5/h4-6,14,16-17,20-22,27H,7-13,15H2,1-3H3;4-6,8,14,16-17,20,22-23H,7,9-13,15H2,1-3H3;3-5,7,13,15,18-19,21-22,26H,6,8-12,14H2,1-2H3;4,13,15-17H,5-12H2,1-3H3;3,13-16,20H,4-11H2,1-2H3;1-6H3;1-4H/t17-,20?,21?,22?,23-,24-,25?;17-,20?,22?,23?,24-,25+;18-,19?,21?,22?,23-,24+;13-,15?,16?,17?,19-,20-;13-,14?,15?,16?,18-,19-;;/m00000../s1. The SMILES string of the molecule is Brc1cccnc1.CC(C)(C)[Si](C)(C)C.C[C@H]1CC[C@@]2(C)C(=CCC3C2CC[C@@]2(C)C3CCC2(O)c2cccnc2)C1.C[C@H]1CC[C@@]2(C)C(=CCC3C2CC[C@]2(C)C(=O)CCC32)C1.C[C@H]1CC[C@@]2(C)C(=CCC3C2CC[C@]2(C)C(c4cccnc4)=CCC32)C1.C[C@]12CC[C@H](O)CC1=CCC1C2CC[C@]2(C)C(=O)CCC12.C[C@]12CC[C@H](O)CC1=CCC1C2CC[C@]2(C)C(c3cccnc3)=CCC12. The van der Waals surface area contributed by atoms with E-state index in [4.69, 9.17) is 0 Å². The third-order valence-electron chi connectivity index (χ3n) is 45.9. The molecule has 0 bridgehead atoms. The van der Waals surface area contributed by atoms with Crippen LogP contribution in [0.5, 0.6) is 0 Å². The molecule has 31 atom stereocenters. The van der Waals surface area contributed by atoms with E-state index in [1.54, 1.807) is 40.3 Å². The summed E-state index contributed by atoms with van der Waals surface area (Å²) in [5, 5.41) is 32.6. The number of nitrogens with zero attached hydrogens (tertiary/aromatic N) is 4. The molecule has 0 aromatic carbocycles. The van der Waals surface area contributed by atoms with Gasteiger partial charge in [-0.3, -0.25) is 29.5 Å². The molecule has 24 rings (SSSR count). The summed E-state index contributed by atoms with van der Waals surface area (Å²) in [5.74, 6) is 15.3. The Kier molecular flexibility index (Phi) is 28.4. The number of pyridine rings is 4. The lowest BCUT2D eigenvalue weighted by atomic mass is 9.46. The van der Waals surface area contributed by atoms with Crippen LogP contribution in [0, 0.1) is 161 Å². The van der Waals surface area contributed by atoms with Crippen molar-refractivity contribution in [2.24, 2.45) is 161 Å². The zero-order chi connectivity index (χ0) is 96.5. The minimum absolute atomic E-state index is 0.0130. The van der Waals surface area contributed by atoms with E-state index in [9.17, 15) is 24.9 Å². The number of carbonyl (C=O) groups excluding carboxylic acids is 2. The van der Waals surface area contributed by atoms with Gasteiger partial charge in [-0.2, -0.15) is 0 Å². The Morgan fingerprint density at radius 1 is 0.338 bits per heavy atom. The number of aliphatic hydroxyl groups is 3. The number of rotatable bonds is 3. The van der Waals surface area contributed by atoms with E-state index < -0.39 is 13.7 Å². The van der Waals surface area contributed by atoms with Gasteiger partial charge in [-0.15, -0.1) is 0 Å². The number of carbonyl (C=O) groups is 2. The Morgan fingerprint density at radius 3 is 0.971 bits per heavy atom. The van der Waals surface area contributed by atoms with Crippen LogP contribution in [0.3, 0.4) is 0 Å². The molecular weight excluding hydrogens is 1750 g/mol. The van der Waals surface area contributed by atoms with Crippen molar-refractivity contribution in [2.45, 2.75) is 397 Å². The topological polar surface area (TPSA) is 146 Å². The summed E-state index contributed by atoms with van der Waals surface area (Å²) in [7, 11) is -0.859. The highest BCUT2D eigenvalue weighted by molar-refractivity contribution is 9.10. The molecule has 4 heterocycles. The van der Waals surface area contributed by atoms with Gasteiger partial charge in [-0.1, -0.05) is 219 Å². The summed E-state index contributed by atoms with van der Waals surface area (Å²) in [6.45, 7) is 46.2. The van der Waals surface area contributed by atoms with Crippen LogP contribution < -0.4 is 0 Å². The number of aliphatic hydroxyl groups excluding tert-OH is 2. The van der Waals surface area contributed by atoms with Crippen molar-refractivity contribution >= 4 is 46.7 Å². The molecule has 0 amide bonds. The molecule has 13 fully saturated rings. The summed E-state index contributed by atoms with van der Waals surface area (Å²) in [6.07, 6.45) is 78.7. The molecule has 16 unspecified atom stereocenters. The van der Waals surface area contributed by atoms with Gasteiger partial charge in [0.2, 0.25) is 0 Å². The molecule has 0 spiro atoms. The molecule has 136 heavy (non-hydrogen) atoms. The average Bonchev–Trinajstić information content (AvgIpc) is 1.49. The van der Waals surface area contributed by atoms with Crippen molar-refractivity contribution in [3.8, 4) is 0 Å². The maximum atomic E-state index is 12.4. The first-order chi connectivity index (χ1) is 64.5. The lowest BCUT2D eigenvalue weighted by Crippen LogP contribution is -2.53. The van der Waals surface area contributed by atoms with E-state index in [2.05, 4.69) is 245 Å². The quantitative estimate of drug-likeness (QED) is 0.135. The maximum absolute atomic E-state index is 12.4. The first-order valence-electron chi connectivity index (χ1n) is 55.8. The fraction of sp³-hybridized carbons (Fsp3) is 0.712. The van der Waals surface area contributed by atoms with Crippen LogP contribution in [0.2, 0.25) is 24.7 Å². The predicted molar refractivity (Wildman–Crippen MR) is 566 cm³/mol. The molecule has 11 heteroatoms. The third-order valence-corrected chi connectivity index (χ3v) is 50.9. The van der Waals surface area contributed by atoms with Crippen molar-refractivity contribution in [1.29, 1.82) is 0 Å². The van der Waals surface area contributed by atoms with Crippen LogP contribution in [0.4, 0.5) is 0 Å². The van der Waals surface area contributed by atoms with E-state index in [0.717, 1.165) is 176 Å². The van der Waals surface area contributed by atoms with Gasteiger partial charge in [-0.25, -0.2) is 0 Å². The normalized spacial score (nSPS) is 44.3. The third kappa shape index (κ3) is 17.8. The van der Waals surface area contributed by atoms with Gasteiger partial charge in [0, 0.05) is 96.8 Å². The highest BCUT2D eigenvalue weighted by atomic mass is 79.9. The summed E-state index contributed by atoms with van der Waals surface area (Å²) in [6, 6.07) is 16.6. The summed E-state index contributed by atoms with van der Waals surface area (Å²) in [4.78, 5) is 41.7. The Morgan fingerprint density at radius 2 is 0.640 bits per heavy atom. The van der Waals surface area contributed by atoms with Crippen molar-refractivity contribution < 1.29 is 24.9 Å². The lowest BCUT2D eigenvalue weighted by Gasteiger charge is -2.59. The zero-order valence-corrected chi connectivity index (χ0v) is 90.6. The lowest BCUT2D eigenvalue weighted by molar-refractivity contribution is -0.132. The Bertz CT molecular complexity index is 4960. The van der Waals surface area contributed by atoms with Crippen molar-refractivity contribution in [1.82, 2.24) is 19.9 Å². The molecule has 740 valence electrons. The highest BCUT2D eigenvalue weighted by Crippen LogP contribution is 2.74. The van der Waals surface area contributed by atoms with Gasteiger partial charge >= 0.3 is 0 Å². The first kappa shape index (κ1) is 101. The molecule has 0 radical (unpaired) electrons. The van der Waals surface area contributed by atoms with Crippen LogP contribution in [0.1, 0.15) is 371 Å². The second-order valence-corrected chi connectivity index (χ2v) is 60.8. The molecule has 13 saturated carbocycles. The van der Waals surface area contributed by atoms with Crippen molar-refractivity contribution in [2.75, 3.05) is 0 Å². The van der Waals surface area contributed by atoms with Crippen molar-refractivity contribution in [3.05, 3.63) is 190 Å². The second kappa shape index (κ2) is 38.3. The highest BCUT2D eigenvalue weighted by Gasteiger charge is 2.67. The first-order valence-corrected chi connectivity index (χ1v) is 60.1. The van der Waals surface area contributed by atoms with E-state index in [0.29, 0.717) is 78.2 Å². The number of ketones is 2. The number of hydrogen-bond donors (Lipinski definition) is 3. The Balaban J connectivity index is 0.000000109. The fourth-order valence-corrected chi connectivity index (χ4v) is 36.1. The summed E-state index contributed by atoms with van der Waals surface area (Å²) in [5.41, 5.74) is 17.3. The summed E-state index contributed by atoms with van der Waals surface area (Å²) < 4.78 is 1.02. The molecular formula is C125H179BrN4O5Si. The molecule has 20 aliphatic rings. The van der Waals surface area contributed by atoms with Gasteiger partial charge in [0.05, 0.1) is 17.8 Å². The van der Waals surface area contributed by atoms with Gasteiger partial charge in [0.25, 0.3) is 0 Å². The van der Waals surface area contributed by atoms with E-state index in [1.807, 2.05) is 54.8 Å². The summed E-state index contributed by atoms with van der Waals surface area (Å²) >= 11 is 3.25. The second-order valence-electron chi connectivity index (χ2n) is 53.8. The zero-order valence-electron chi connectivity index (χ0n) is 88.0. The minimum Gasteiger partial charge on any atom is -0.393 e. The fourth-order valence-electron chi connectivity index (χ4n) is 35.9. The monoisotopic (exact) mass is 1920 g/mol. The number of allylic oxidation sites excluding steroid dienone is 12. The number of halogens is 1. The molecule has 4 aromatic heterocycles. The van der Waals surface area contributed by atoms with Crippen LogP contribution in [0.15, 0.2) is 173 Å². The molecule has 0 aliphatic heterocycles. The molecule has 0 saturated heterocycles. The largest absolute Gasteiger partial charge is 0.393 e. The number of fused-ring (bicyclic) bond motifs is 25. The van der Waals surface area contributed by atoms with Gasteiger partial charge in [0.1, 0.15) is 11.6 Å². The Hall–Kier alpha value is -5.30. The van der Waals surface area contributed by atoms with Crippen molar-refractivity contribution in [3.63, 3.8) is 0 Å². The smallest absolute Gasteiger partial charge is 0.139 e. The van der Waals surface area contributed by atoms with Crippen LogP contribution >= 0.6 is 15.9 Å². The molecule has 4 aromatic rings. The van der Waals surface area contributed by atoms with Crippen LogP contribution in [-0.4, -0.2) is 67.1 Å². The van der Waals surface area contributed by atoms with E-state index >= 15 is 0 Å². The van der Waals surface area contributed by atoms with Crippen LogP contribution in [0.25, 0.3) is 11.1 Å². The van der Waals surface area contributed by atoms with Gasteiger partial charge < -0.3 is 15.3 Å². The Labute approximate surface area is 833 Å². The van der Waals surface area contributed by atoms with E-state index in [1.165, 1.54) is 177 Å². The molecule has 20 aliphatic carbocycles. The molecule has 3 N–H and O–H groups in total. The predicted octanol–water partition coefficient (Wildman–Crippen LogP) is 31.9. The number of Topliss-reactive ketones (excluding diaryl/α,β-unsaturated/α-hetero) is 2. The van der Waals surface area contributed by atoms with Crippen LogP contribution in [-0.2, 0) is 15.2 Å².